The van der Waals surface area contributed by atoms with Gasteiger partial charge in [0.05, 0.1) is 18.1 Å². The Morgan fingerprint density at radius 2 is 2.46 bits per heavy atom. The van der Waals surface area contributed by atoms with Crippen molar-refractivity contribution in [3.8, 4) is 5.88 Å². The first kappa shape index (κ1) is 10.4. The summed E-state index contributed by atoms with van der Waals surface area (Å²) in [6.45, 7) is 2.36. The molecule has 0 aliphatic carbocycles. The van der Waals surface area contributed by atoms with Crippen molar-refractivity contribution < 1.29 is 9.84 Å². The second-order valence-electron chi connectivity index (χ2n) is 2.93. The van der Waals surface area contributed by atoms with Crippen molar-refractivity contribution in [3.05, 3.63) is 10.9 Å². The number of aliphatic hydroxyl groups excluding tert-OH is 1. The molecule has 1 aromatic rings. The Hall–Kier alpha value is -0.650. The lowest BCUT2D eigenvalue weighted by Crippen LogP contribution is -2.17. The van der Waals surface area contributed by atoms with E-state index in [1.165, 1.54) is 11.5 Å². The molecule has 0 spiro atoms. The molecule has 0 aromatic carbocycles. The molecule has 3 N–H and O–H groups in total. The van der Waals surface area contributed by atoms with E-state index in [0.29, 0.717) is 12.4 Å². The van der Waals surface area contributed by atoms with Gasteiger partial charge in [-0.05, 0) is 24.0 Å². The molecule has 0 saturated carbocycles. The van der Waals surface area contributed by atoms with E-state index in [-0.39, 0.29) is 5.92 Å². The Bertz CT molecular complexity index is 264. The highest BCUT2D eigenvalue weighted by atomic mass is 32.1. The van der Waals surface area contributed by atoms with Crippen LogP contribution < -0.4 is 10.5 Å². The lowest BCUT2D eigenvalue weighted by molar-refractivity contribution is 0.125. The van der Waals surface area contributed by atoms with Crippen LogP contribution in [-0.2, 0) is 0 Å². The van der Waals surface area contributed by atoms with Gasteiger partial charge in [0.1, 0.15) is 0 Å². The maximum atomic E-state index is 9.73. The highest BCUT2D eigenvalue weighted by molar-refractivity contribution is 7.06. The van der Waals surface area contributed by atoms with Gasteiger partial charge in [0.25, 0.3) is 0 Å². The standard InChI is InChI=1S/C8H14N2O2S/c1-5(4-9)8(11)6-3-7(12-2)10-13-6/h3,5,8,11H,4,9H2,1-2H3. The summed E-state index contributed by atoms with van der Waals surface area (Å²) in [7, 11) is 1.55. The van der Waals surface area contributed by atoms with Crippen LogP contribution in [0.25, 0.3) is 0 Å². The van der Waals surface area contributed by atoms with Gasteiger partial charge in [0.15, 0.2) is 0 Å². The highest BCUT2D eigenvalue weighted by Crippen LogP contribution is 2.27. The number of methoxy groups -OCH3 is 1. The van der Waals surface area contributed by atoms with Crippen molar-refractivity contribution >= 4 is 11.5 Å². The monoisotopic (exact) mass is 202 g/mol. The number of aliphatic hydroxyl groups is 1. The van der Waals surface area contributed by atoms with Gasteiger partial charge in [-0.2, -0.15) is 4.37 Å². The van der Waals surface area contributed by atoms with Crippen LogP contribution in [0.1, 0.15) is 17.9 Å². The number of aromatic nitrogens is 1. The van der Waals surface area contributed by atoms with E-state index in [4.69, 9.17) is 10.5 Å². The summed E-state index contributed by atoms with van der Waals surface area (Å²) in [6.07, 6.45) is -0.536. The van der Waals surface area contributed by atoms with Gasteiger partial charge in [-0.1, -0.05) is 6.92 Å². The average Bonchev–Trinajstić information content (AvgIpc) is 2.63. The zero-order valence-corrected chi connectivity index (χ0v) is 8.54. The Kier molecular flexibility index (Phi) is 3.65. The molecule has 0 bridgehead atoms. The Balaban J connectivity index is 2.70. The van der Waals surface area contributed by atoms with Crippen LogP contribution in [-0.4, -0.2) is 23.1 Å². The van der Waals surface area contributed by atoms with Crippen LogP contribution in [0.3, 0.4) is 0 Å². The highest BCUT2D eigenvalue weighted by Gasteiger charge is 2.17. The SMILES string of the molecule is COc1cc(C(O)C(C)CN)sn1. The lowest BCUT2D eigenvalue weighted by atomic mass is 10.0. The maximum absolute atomic E-state index is 9.73. The topological polar surface area (TPSA) is 68.4 Å². The molecule has 0 radical (unpaired) electrons. The van der Waals surface area contributed by atoms with E-state index in [2.05, 4.69) is 4.37 Å². The summed E-state index contributed by atoms with van der Waals surface area (Å²) in [5.41, 5.74) is 5.44. The summed E-state index contributed by atoms with van der Waals surface area (Å²) in [4.78, 5) is 0.801. The number of nitrogens with two attached hydrogens (primary N) is 1. The van der Waals surface area contributed by atoms with Crippen LogP contribution in [0.4, 0.5) is 0 Å². The summed E-state index contributed by atoms with van der Waals surface area (Å²) in [5, 5.41) is 9.73. The Morgan fingerprint density at radius 3 is 2.92 bits per heavy atom. The predicted octanol–water partition coefficient (Wildman–Crippen LogP) is 0.780. The molecule has 74 valence electrons. The van der Waals surface area contributed by atoms with Crippen LogP contribution in [0.5, 0.6) is 5.88 Å². The molecule has 13 heavy (non-hydrogen) atoms. The molecule has 2 atom stereocenters. The number of nitrogens with zero attached hydrogens (tertiary/aromatic N) is 1. The number of ether oxygens (including phenoxy) is 1. The van der Waals surface area contributed by atoms with Crippen LogP contribution in [0.15, 0.2) is 6.07 Å². The van der Waals surface area contributed by atoms with E-state index in [1.807, 2.05) is 6.92 Å². The second-order valence-corrected chi connectivity index (χ2v) is 3.77. The third-order valence-electron chi connectivity index (χ3n) is 1.92. The fourth-order valence-electron chi connectivity index (χ4n) is 0.917. The van der Waals surface area contributed by atoms with E-state index >= 15 is 0 Å². The number of hydrogen-bond acceptors (Lipinski definition) is 5. The van der Waals surface area contributed by atoms with Crippen molar-refractivity contribution in [2.45, 2.75) is 13.0 Å². The molecule has 0 aliphatic heterocycles. The number of hydrogen-bond donors (Lipinski definition) is 2. The molecule has 1 aromatic heterocycles. The van der Waals surface area contributed by atoms with Gasteiger partial charge >= 0.3 is 0 Å². The van der Waals surface area contributed by atoms with E-state index in [0.717, 1.165) is 4.88 Å². The molecule has 0 amide bonds. The van der Waals surface area contributed by atoms with Gasteiger partial charge < -0.3 is 15.6 Å². The zero-order chi connectivity index (χ0) is 9.84. The first-order valence-electron chi connectivity index (χ1n) is 4.07. The van der Waals surface area contributed by atoms with Crippen LogP contribution >= 0.6 is 11.5 Å². The Labute approximate surface area is 81.5 Å². The summed E-state index contributed by atoms with van der Waals surface area (Å²) in [6, 6.07) is 1.74. The van der Waals surface area contributed by atoms with Gasteiger partial charge in [-0.3, -0.25) is 0 Å². The minimum absolute atomic E-state index is 0.0464. The van der Waals surface area contributed by atoms with E-state index in [9.17, 15) is 5.11 Å². The van der Waals surface area contributed by atoms with Crippen molar-refractivity contribution in [1.82, 2.24) is 4.37 Å². The minimum atomic E-state index is -0.536. The predicted molar refractivity (Wildman–Crippen MR) is 51.8 cm³/mol. The first-order chi connectivity index (χ1) is 6.19. The van der Waals surface area contributed by atoms with E-state index in [1.54, 1.807) is 13.2 Å². The number of rotatable bonds is 4. The average molecular weight is 202 g/mol. The molecule has 0 fully saturated rings. The van der Waals surface area contributed by atoms with E-state index < -0.39 is 6.10 Å². The third-order valence-corrected chi connectivity index (χ3v) is 2.76. The van der Waals surface area contributed by atoms with Crippen molar-refractivity contribution in [3.63, 3.8) is 0 Å². The van der Waals surface area contributed by atoms with Gasteiger partial charge in [0, 0.05) is 6.07 Å². The third kappa shape index (κ3) is 2.40. The van der Waals surface area contributed by atoms with Crippen molar-refractivity contribution in [2.24, 2.45) is 11.7 Å². The largest absolute Gasteiger partial charge is 0.480 e. The van der Waals surface area contributed by atoms with Gasteiger partial charge in [-0.25, -0.2) is 0 Å². The van der Waals surface area contributed by atoms with Crippen LogP contribution in [0.2, 0.25) is 0 Å². The summed E-state index contributed by atoms with van der Waals surface area (Å²) in [5.74, 6) is 0.591. The molecule has 0 saturated heterocycles. The molecule has 1 heterocycles. The molecular formula is C8H14N2O2S. The molecule has 4 nitrogen and oxygen atoms in total. The van der Waals surface area contributed by atoms with Gasteiger partial charge in [0.2, 0.25) is 5.88 Å². The molecule has 2 unspecified atom stereocenters. The minimum Gasteiger partial charge on any atom is -0.480 e. The normalized spacial score (nSPS) is 15.4. The molecule has 1 rings (SSSR count). The van der Waals surface area contributed by atoms with Gasteiger partial charge in [-0.15, -0.1) is 0 Å². The quantitative estimate of drug-likeness (QED) is 0.757. The Morgan fingerprint density at radius 1 is 1.77 bits per heavy atom. The smallest absolute Gasteiger partial charge is 0.225 e. The first-order valence-corrected chi connectivity index (χ1v) is 4.85. The molecule has 5 heteroatoms. The van der Waals surface area contributed by atoms with Crippen LogP contribution in [0, 0.1) is 5.92 Å². The summed E-state index contributed by atoms with van der Waals surface area (Å²) < 4.78 is 8.91. The molecular weight excluding hydrogens is 188 g/mol. The van der Waals surface area contributed by atoms with Crippen molar-refractivity contribution in [2.75, 3.05) is 13.7 Å². The van der Waals surface area contributed by atoms with Crippen molar-refractivity contribution in [1.29, 1.82) is 0 Å². The summed E-state index contributed by atoms with van der Waals surface area (Å²) >= 11 is 1.25. The second kappa shape index (κ2) is 4.55. The fourth-order valence-corrected chi connectivity index (χ4v) is 1.73. The maximum Gasteiger partial charge on any atom is 0.225 e. The zero-order valence-electron chi connectivity index (χ0n) is 7.73. The fraction of sp³-hybridized carbons (Fsp3) is 0.625. The lowest BCUT2D eigenvalue weighted by Gasteiger charge is -2.13. The molecule has 0 aliphatic rings.